The Hall–Kier alpha value is -3.65. The van der Waals surface area contributed by atoms with Crippen molar-refractivity contribution in [1.29, 1.82) is 0 Å². The van der Waals surface area contributed by atoms with Gasteiger partial charge in [-0.3, -0.25) is 13.9 Å². The molecule has 8 heteroatoms. The van der Waals surface area contributed by atoms with Gasteiger partial charge in [0.1, 0.15) is 12.6 Å². The summed E-state index contributed by atoms with van der Waals surface area (Å²) < 4.78 is 29.4. The monoisotopic (exact) mass is 589 g/mol. The van der Waals surface area contributed by atoms with Crippen LogP contribution in [0.2, 0.25) is 0 Å². The smallest absolute Gasteiger partial charge is 0.264 e. The number of anilines is 1. The van der Waals surface area contributed by atoms with Crippen molar-refractivity contribution in [2.24, 2.45) is 0 Å². The maximum absolute atomic E-state index is 14.2. The number of nitrogens with one attached hydrogen (secondary N) is 1. The molecule has 0 heterocycles. The minimum atomic E-state index is -4.10. The molecule has 0 bridgehead atoms. The SMILES string of the molecule is Cc1ccc(CN(C(=O)CN(c2cccc(C)c2C)S(=O)(=O)c2ccc(C)cc2)C(C)C(=O)NC2CCCCC2)cc1. The molecular weight excluding hydrogens is 546 g/mol. The summed E-state index contributed by atoms with van der Waals surface area (Å²) in [7, 11) is -4.10. The van der Waals surface area contributed by atoms with Gasteiger partial charge in [-0.2, -0.15) is 0 Å². The number of carbonyl (C=O) groups excluding carboxylic acids is 2. The van der Waals surface area contributed by atoms with Crippen molar-refractivity contribution in [1.82, 2.24) is 10.2 Å². The molecule has 4 rings (SSSR count). The third kappa shape index (κ3) is 7.40. The maximum atomic E-state index is 14.2. The molecule has 1 saturated carbocycles. The molecule has 0 saturated heterocycles. The molecule has 1 unspecified atom stereocenters. The van der Waals surface area contributed by atoms with E-state index in [1.165, 1.54) is 15.6 Å². The largest absolute Gasteiger partial charge is 0.352 e. The number of hydrogen-bond donors (Lipinski definition) is 1. The van der Waals surface area contributed by atoms with E-state index in [0.717, 1.165) is 53.5 Å². The van der Waals surface area contributed by atoms with Crippen molar-refractivity contribution >= 4 is 27.5 Å². The molecule has 3 aromatic carbocycles. The second kappa shape index (κ2) is 13.6. The van der Waals surface area contributed by atoms with E-state index in [-0.39, 0.29) is 23.4 Å². The van der Waals surface area contributed by atoms with Gasteiger partial charge in [0.15, 0.2) is 0 Å². The van der Waals surface area contributed by atoms with E-state index in [1.54, 1.807) is 43.3 Å². The highest BCUT2D eigenvalue weighted by molar-refractivity contribution is 7.92. The zero-order valence-corrected chi connectivity index (χ0v) is 26.2. The average molecular weight is 590 g/mol. The Morgan fingerprint density at radius 1 is 0.857 bits per heavy atom. The van der Waals surface area contributed by atoms with Crippen molar-refractivity contribution in [3.8, 4) is 0 Å². The quantitative estimate of drug-likeness (QED) is 0.315. The van der Waals surface area contributed by atoms with Gasteiger partial charge in [0.2, 0.25) is 11.8 Å². The first kappa shape index (κ1) is 31.3. The highest BCUT2D eigenvalue weighted by Gasteiger charge is 2.34. The molecule has 0 spiro atoms. The molecule has 1 aliphatic carbocycles. The second-order valence-electron chi connectivity index (χ2n) is 11.6. The molecule has 42 heavy (non-hydrogen) atoms. The number of amides is 2. The van der Waals surface area contributed by atoms with Crippen LogP contribution in [0.3, 0.4) is 0 Å². The highest BCUT2D eigenvalue weighted by atomic mass is 32.2. The number of nitrogens with zero attached hydrogens (tertiary/aromatic N) is 2. The summed E-state index contributed by atoms with van der Waals surface area (Å²) in [6.45, 7) is 9.13. The van der Waals surface area contributed by atoms with Gasteiger partial charge in [-0.15, -0.1) is 0 Å². The molecular formula is C34H43N3O4S. The lowest BCUT2D eigenvalue weighted by Crippen LogP contribution is -2.53. The zero-order valence-electron chi connectivity index (χ0n) is 25.4. The van der Waals surface area contributed by atoms with Crippen molar-refractivity contribution in [2.75, 3.05) is 10.8 Å². The number of rotatable bonds is 10. The van der Waals surface area contributed by atoms with Crippen LogP contribution in [0.5, 0.6) is 0 Å². The summed E-state index contributed by atoms with van der Waals surface area (Å²) in [4.78, 5) is 29.3. The molecule has 224 valence electrons. The first-order valence-electron chi connectivity index (χ1n) is 14.8. The van der Waals surface area contributed by atoms with Crippen LogP contribution in [0.25, 0.3) is 0 Å². The lowest BCUT2D eigenvalue weighted by atomic mass is 9.95. The number of carbonyl (C=O) groups is 2. The molecule has 1 aliphatic rings. The Morgan fingerprint density at radius 2 is 1.45 bits per heavy atom. The van der Waals surface area contributed by atoms with Crippen molar-refractivity contribution in [3.63, 3.8) is 0 Å². The average Bonchev–Trinajstić information content (AvgIpc) is 2.97. The van der Waals surface area contributed by atoms with Gasteiger partial charge in [-0.25, -0.2) is 8.42 Å². The van der Waals surface area contributed by atoms with Crippen LogP contribution in [0.15, 0.2) is 71.6 Å². The van der Waals surface area contributed by atoms with Crippen LogP contribution in [0.4, 0.5) is 5.69 Å². The van der Waals surface area contributed by atoms with E-state index in [1.807, 2.05) is 58.0 Å². The Balaban J connectivity index is 1.70. The van der Waals surface area contributed by atoms with E-state index in [0.29, 0.717) is 5.69 Å². The minimum absolute atomic E-state index is 0.0957. The number of benzene rings is 3. The molecule has 0 aliphatic heterocycles. The summed E-state index contributed by atoms with van der Waals surface area (Å²) in [6, 6.07) is 19.2. The molecule has 1 atom stereocenters. The van der Waals surface area contributed by atoms with Gasteiger partial charge < -0.3 is 10.2 Å². The van der Waals surface area contributed by atoms with E-state index in [4.69, 9.17) is 0 Å². The van der Waals surface area contributed by atoms with Gasteiger partial charge in [-0.05, 0) is 82.3 Å². The molecule has 3 aromatic rings. The van der Waals surface area contributed by atoms with Gasteiger partial charge in [-0.1, -0.05) is 78.9 Å². The normalized spacial score (nSPS) is 14.7. The predicted octanol–water partition coefficient (Wildman–Crippen LogP) is 5.98. The molecule has 0 radical (unpaired) electrons. The summed E-state index contributed by atoms with van der Waals surface area (Å²) in [5.74, 6) is -0.666. The lowest BCUT2D eigenvalue weighted by Gasteiger charge is -2.33. The zero-order chi connectivity index (χ0) is 30.4. The lowest BCUT2D eigenvalue weighted by molar-refractivity contribution is -0.139. The topological polar surface area (TPSA) is 86.8 Å². The minimum Gasteiger partial charge on any atom is -0.352 e. The van der Waals surface area contributed by atoms with Crippen LogP contribution in [-0.2, 0) is 26.2 Å². The van der Waals surface area contributed by atoms with Gasteiger partial charge in [0, 0.05) is 12.6 Å². The standard InChI is InChI=1S/C34H43N3O4S/c1-24-14-18-29(19-15-24)22-36(28(5)34(39)35-30-11-7-6-8-12-30)33(38)23-37(32-13-9-10-26(3)27(32)4)42(40,41)31-20-16-25(2)17-21-31/h9-10,13-21,28,30H,6-8,11-12,22-23H2,1-5H3,(H,35,39). The van der Waals surface area contributed by atoms with E-state index in [2.05, 4.69) is 5.32 Å². The summed E-state index contributed by atoms with van der Waals surface area (Å²) in [6.07, 6.45) is 5.18. The predicted molar refractivity (Wildman–Crippen MR) is 168 cm³/mol. The van der Waals surface area contributed by atoms with Crippen LogP contribution in [0, 0.1) is 27.7 Å². The van der Waals surface area contributed by atoms with Crippen molar-refractivity contribution in [2.45, 2.75) is 90.2 Å². The van der Waals surface area contributed by atoms with E-state index >= 15 is 0 Å². The highest BCUT2D eigenvalue weighted by Crippen LogP contribution is 2.29. The Bertz CT molecular complexity index is 1490. The van der Waals surface area contributed by atoms with Crippen LogP contribution in [0.1, 0.15) is 66.8 Å². The first-order valence-corrected chi connectivity index (χ1v) is 16.2. The van der Waals surface area contributed by atoms with Crippen LogP contribution >= 0.6 is 0 Å². The Morgan fingerprint density at radius 3 is 2.07 bits per heavy atom. The summed E-state index contributed by atoms with van der Waals surface area (Å²) >= 11 is 0. The molecule has 1 N–H and O–H groups in total. The Kier molecular flexibility index (Phi) is 10.1. The Labute approximate surface area is 251 Å². The maximum Gasteiger partial charge on any atom is 0.264 e. The molecule has 2 amide bonds. The van der Waals surface area contributed by atoms with Crippen LogP contribution < -0.4 is 9.62 Å². The van der Waals surface area contributed by atoms with E-state index < -0.39 is 28.5 Å². The summed E-state index contributed by atoms with van der Waals surface area (Å²) in [5, 5.41) is 3.15. The third-order valence-corrected chi connectivity index (χ3v) is 10.1. The number of hydrogen-bond acceptors (Lipinski definition) is 4. The number of sulfonamides is 1. The van der Waals surface area contributed by atoms with Gasteiger partial charge in [0.25, 0.3) is 10.0 Å². The fourth-order valence-corrected chi connectivity index (χ4v) is 6.87. The van der Waals surface area contributed by atoms with Gasteiger partial charge >= 0.3 is 0 Å². The second-order valence-corrected chi connectivity index (χ2v) is 13.4. The number of aryl methyl sites for hydroxylation is 3. The van der Waals surface area contributed by atoms with Crippen molar-refractivity contribution in [3.05, 3.63) is 94.5 Å². The van der Waals surface area contributed by atoms with Crippen molar-refractivity contribution < 1.29 is 18.0 Å². The fourth-order valence-electron chi connectivity index (χ4n) is 5.40. The third-order valence-electron chi connectivity index (χ3n) is 8.32. The first-order chi connectivity index (χ1) is 20.0. The fraction of sp³-hybridized carbons (Fsp3) is 0.412. The van der Waals surface area contributed by atoms with Gasteiger partial charge in [0.05, 0.1) is 10.6 Å². The molecule has 0 aromatic heterocycles. The molecule has 7 nitrogen and oxygen atoms in total. The molecule has 1 fully saturated rings. The van der Waals surface area contributed by atoms with Crippen LogP contribution in [-0.4, -0.2) is 43.8 Å². The van der Waals surface area contributed by atoms with E-state index in [9.17, 15) is 18.0 Å². The summed E-state index contributed by atoms with van der Waals surface area (Å²) in [5.41, 5.74) is 5.02.